The van der Waals surface area contributed by atoms with Gasteiger partial charge in [-0.15, -0.1) is 0 Å². The highest BCUT2D eigenvalue weighted by atomic mass is 35.5. The summed E-state index contributed by atoms with van der Waals surface area (Å²) in [5.74, 6) is 1.55. The lowest BCUT2D eigenvalue weighted by Crippen LogP contribution is -2.01. The minimum absolute atomic E-state index is 0.388. The molecule has 3 rings (SSSR count). The van der Waals surface area contributed by atoms with Crippen LogP contribution in [0.2, 0.25) is 5.02 Å². The maximum Gasteiger partial charge on any atom is 0.160 e. The van der Waals surface area contributed by atoms with Crippen molar-refractivity contribution in [2.24, 2.45) is 0 Å². The summed E-state index contributed by atoms with van der Waals surface area (Å²) in [6.45, 7) is 0.531. The Morgan fingerprint density at radius 2 is 2.09 bits per heavy atom. The van der Waals surface area contributed by atoms with E-state index < -0.39 is 0 Å². The van der Waals surface area contributed by atoms with Gasteiger partial charge in [-0.05, 0) is 30.3 Å². The van der Waals surface area contributed by atoms with Crippen molar-refractivity contribution in [2.45, 2.75) is 13.0 Å². The van der Waals surface area contributed by atoms with Gasteiger partial charge in [0.1, 0.15) is 17.1 Å². The van der Waals surface area contributed by atoms with E-state index in [0.717, 1.165) is 28.3 Å². The lowest BCUT2D eigenvalue weighted by molar-refractivity contribution is 0.415. The van der Waals surface area contributed by atoms with Crippen LogP contribution >= 0.6 is 11.6 Å². The fourth-order valence-electron chi connectivity index (χ4n) is 2.32. The molecule has 2 aromatic heterocycles. The smallest absolute Gasteiger partial charge is 0.160 e. The van der Waals surface area contributed by atoms with Gasteiger partial charge in [-0.25, -0.2) is 9.97 Å². The highest BCUT2D eigenvalue weighted by Crippen LogP contribution is 2.27. The number of halogens is 1. The molecule has 0 bridgehead atoms. The van der Waals surface area contributed by atoms with Gasteiger partial charge in [0.05, 0.1) is 24.6 Å². The average molecular weight is 313 g/mol. The summed E-state index contributed by atoms with van der Waals surface area (Å²) in [5, 5.41) is 9.41. The monoisotopic (exact) mass is 312 g/mol. The van der Waals surface area contributed by atoms with Crippen LogP contribution < -0.4 is 4.74 Å². The van der Waals surface area contributed by atoms with Crippen molar-refractivity contribution in [1.29, 1.82) is 5.26 Å². The van der Waals surface area contributed by atoms with Gasteiger partial charge in [0.2, 0.25) is 0 Å². The second kappa shape index (κ2) is 6.04. The number of fused-ring (bicyclic) bond motifs is 1. The van der Waals surface area contributed by atoms with Crippen molar-refractivity contribution < 1.29 is 4.74 Å². The van der Waals surface area contributed by atoms with Crippen LogP contribution in [-0.2, 0) is 6.54 Å². The lowest BCUT2D eigenvalue weighted by Gasteiger charge is -2.07. The third-order valence-corrected chi connectivity index (χ3v) is 3.55. The van der Waals surface area contributed by atoms with Gasteiger partial charge < -0.3 is 9.30 Å². The fourth-order valence-corrected chi connectivity index (χ4v) is 2.47. The van der Waals surface area contributed by atoms with Crippen LogP contribution in [0.25, 0.3) is 22.6 Å². The van der Waals surface area contributed by atoms with Crippen LogP contribution in [0.5, 0.6) is 5.75 Å². The molecule has 2 heterocycles. The zero-order valence-corrected chi connectivity index (χ0v) is 12.7. The molecule has 0 aliphatic carbocycles. The quantitative estimate of drug-likeness (QED) is 0.737. The predicted molar refractivity (Wildman–Crippen MR) is 84.8 cm³/mol. The Labute approximate surface area is 132 Å². The third kappa shape index (κ3) is 2.61. The molecule has 0 unspecified atom stereocenters. The van der Waals surface area contributed by atoms with E-state index in [1.54, 1.807) is 19.4 Å². The number of aromatic nitrogens is 3. The Morgan fingerprint density at radius 1 is 1.32 bits per heavy atom. The maximum atomic E-state index is 8.87. The molecule has 0 fully saturated rings. The van der Waals surface area contributed by atoms with Crippen LogP contribution in [0, 0.1) is 11.3 Å². The first kappa shape index (κ1) is 14.4. The SMILES string of the molecule is COc1ccc(-c2nc3cc(Cl)cnc3n2CCC#N)cc1. The number of pyridine rings is 1. The van der Waals surface area contributed by atoms with Gasteiger partial charge >= 0.3 is 0 Å². The van der Waals surface area contributed by atoms with Crippen LogP contribution in [0.3, 0.4) is 0 Å². The maximum absolute atomic E-state index is 8.87. The van der Waals surface area contributed by atoms with Gasteiger partial charge in [0, 0.05) is 18.3 Å². The van der Waals surface area contributed by atoms with E-state index in [-0.39, 0.29) is 0 Å². The standard InChI is InChI=1S/C16H13ClN4O/c1-22-13-5-3-11(4-6-13)15-20-14-9-12(17)10-19-16(14)21(15)8-2-7-18/h3-6,9-10H,2,8H2,1H3. The first-order valence-electron chi connectivity index (χ1n) is 6.76. The fraction of sp³-hybridized carbons (Fsp3) is 0.188. The molecule has 0 N–H and O–H groups in total. The first-order valence-corrected chi connectivity index (χ1v) is 7.14. The number of aryl methyl sites for hydroxylation is 1. The van der Waals surface area contributed by atoms with Gasteiger partial charge in [0.15, 0.2) is 5.65 Å². The summed E-state index contributed by atoms with van der Waals surface area (Å²) < 4.78 is 7.12. The van der Waals surface area contributed by atoms with Crippen LogP contribution in [-0.4, -0.2) is 21.6 Å². The van der Waals surface area contributed by atoms with Gasteiger partial charge in [0.25, 0.3) is 0 Å². The number of imidazole rings is 1. The van der Waals surface area contributed by atoms with E-state index in [1.165, 1.54) is 0 Å². The number of rotatable bonds is 4. The van der Waals surface area contributed by atoms with E-state index in [1.807, 2.05) is 28.8 Å². The van der Waals surface area contributed by atoms with Gasteiger partial charge in [-0.2, -0.15) is 5.26 Å². The van der Waals surface area contributed by atoms with Crippen molar-refractivity contribution in [2.75, 3.05) is 7.11 Å². The molecule has 110 valence electrons. The Hall–Kier alpha value is -2.58. The Balaban J connectivity index is 2.15. The summed E-state index contributed by atoms with van der Waals surface area (Å²) in [7, 11) is 1.63. The van der Waals surface area contributed by atoms with Crippen LogP contribution in [0.1, 0.15) is 6.42 Å². The molecule has 0 aliphatic rings. The zero-order chi connectivity index (χ0) is 15.5. The molecule has 0 aliphatic heterocycles. The summed E-state index contributed by atoms with van der Waals surface area (Å²) in [5.41, 5.74) is 2.38. The van der Waals surface area contributed by atoms with Gasteiger partial charge in [-0.3, -0.25) is 0 Å². The molecule has 0 atom stereocenters. The van der Waals surface area contributed by atoms with Crippen molar-refractivity contribution in [1.82, 2.24) is 14.5 Å². The molecule has 5 nitrogen and oxygen atoms in total. The first-order chi connectivity index (χ1) is 10.7. The van der Waals surface area contributed by atoms with Gasteiger partial charge in [-0.1, -0.05) is 11.6 Å². The number of hydrogen-bond acceptors (Lipinski definition) is 4. The topological polar surface area (TPSA) is 63.7 Å². The summed E-state index contributed by atoms with van der Waals surface area (Å²) in [4.78, 5) is 8.97. The largest absolute Gasteiger partial charge is 0.497 e. The van der Waals surface area contributed by atoms with Crippen molar-refractivity contribution in [3.8, 4) is 23.2 Å². The van der Waals surface area contributed by atoms with E-state index in [9.17, 15) is 0 Å². The minimum Gasteiger partial charge on any atom is -0.497 e. The molecule has 0 amide bonds. The van der Waals surface area contributed by atoms with Crippen molar-refractivity contribution >= 4 is 22.8 Å². The minimum atomic E-state index is 0.388. The van der Waals surface area contributed by atoms with Crippen LogP contribution in [0.15, 0.2) is 36.5 Å². The molecule has 3 aromatic rings. The predicted octanol–water partition coefficient (Wildman–Crippen LogP) is 3.67. The van der Waals surface area contributed by atoms with E-state index in [2.05, 4.69) is 16.0 Å². The van der Waals surface area contributed by atoms with E-state index in [0.29, 0.717) is 18.0 Å². The zero-order valence-electron chi connectivity index (χ0n) is 12.0. The summed E-state index contributed by atoms with van der Waals surface area (Å²) in [6, 6.07) is 11.6. The average Bonchev–Trinajstić information content (AvgIpc) is 2.90. The number of nitriles is 1. The summed E-state index contributed by atoms with van der Waals surface area (Å²) in [6.07, 6.45) is 1.98. The third-order valence-electron chi connectivity index (χ3n) is 3.35. The van der Waals surface area contributed by atoms with Crippen molar-refractivity contribution in [3.63, 3.8) is 0 Å². The van der Waals surface area contributed by atoms with Crippen molar-refractivity contribution in [3.05, 3.63) is 41.6 Å². The van der Waals surface area contributed by atoms with E-state index in [4.69, 9.17) is 21.6 Å². The molecule has 6 heteroatoms. The highest BCUT2D eigenvalue weighted by Gasteiger charge is 2.14. The normalized spacial score (nSPS) is 10.6. The molecule has 0 spiro atoms. The second-order valence-corrected chi connectivity index (χ2v) is 5.16. The second-order valence-electron chi connectivity index (χ2n) is 4.72. The number of ether oxygens (including phenoxy) is 1. The Bertz CT molecular complexity index is 849. The molecule has 0 saturated heterocycles. The molecular formula is C16H13ClN4O. The number of benzene rings is 1. The molecular weight excluding hydrogens is 300 g/mol. The number of methoxy groups -OCH3 is 1. The lowest BCUT2D eigenvalue weighted by atomic mass is 10.2. The number of nitrogens with zero attached hydrogens (tertiary/aromatic N) is 4. The Morgan fingerprint density at radius 3 is 2.77 bits per heavy atom. The number of hydrogen-bond donors (Lipinski definition) is 0. The molecule has 1 aromatic carbocycles. The summed E-state index contributed by atoms with van der Waals surface area (Å²) >= 11 is 5.99. The molecule has 0 radical (unpaired) electrons. The molecule has 0 saturated carbocycles. The van der Waals surface area contributed by atoms with Crippen LogP contribution in [0.4, 0.5) is 0 Å². The molecule has 22 heavy (non-hydrogen) atoms. The Kier molecular flexibility index (Phi) is 3.94. The highest BCUT2D eigenvalue weighted by molar-refractivity contribution is 6.31. The van der Waals surface area contributed by atoms with E-state index >= 15 is 0 Å².